The second-order valence-corrected chi connectivity index (χ2v) is 11.4. The van der Waals surface area contributed by atoms with Crippen LogP contribution in [0, 0.1) is 28.1 Å². The molecule has 1 amide bonds. The van der Waals surface area contributed by atoms with Crippen molar-refractivity contribution >= 4 is 11.7 Å². The van der Waals surface area contributed by atoms with Crippen LogP contribution in [0.1, 0.15) is 50.6 Å². The Morgan fingerprint density at radius 2 is 1.97 bits per heavy atom. The first kappa shape index (κ1) is 24.0. The molecule has 2 saturated carbocycles. The number of pyridine rings is 1. The van der Waals surface area contributed by atoms with Crippen LogP contribution in [0.3, 0.4) is 0 Å². The first-order chi connectivity index (χ1) is 19.0. The number of fused-ring (bicyclic) bond motifs is 1. The minimum Gasteiger partial charge on any atom is -0.387 e. The molecular weight excluding hydrogens is 488 g/mol. The van der Waals surface area contributed by atoms with Crippen molar-refractivity contribution in [2.24, 2.45) is 11.3 Å². The van der Waals surface area contributed by atoms with Gasteiger partial charge in [0.25, 0.3) is 0 Å². The van der Waals surface area contributed by atoms with Gasteiger partial charge in [-0.05, 0) is 55.6 Å². The Labute approximate surface area is 227 Å². The lowest BCUT2D eigenvalue weighted by molar-refractivity contribution is -0.282. The third-order valence-corrected chi connectivity index (χ3v) is 9.86. The van der Waals surface area contributed by atoms with Crippen molar-refractivity contribution < 1.29 is 9.90 Å². The highest BCUT2D eigenvalue weighted by Crippen LogP contribution is 2.73. The summed E-state index contributed by atoms with van der Waals surface area (Å²) in [4.78, 5) is 18.8. The van der Waals surface area contributed by atoms with Crippen molar-refractivity contribution in [3.63, 3.8) is 0 Å². The Balaban J connectivity index is 1.22. The van der Waals surface area contributed by atoms with Crippen molar-refractivity contribution in [2.75, 3.05) is 6.61 Å². The number of aromatic nitrogens is 3. The zero-order valence-corrected chi connectivity index (χ0v) is 21.8. The number of piperidine rings is 2. The summed E-state index contributed by atoms with van der Waals surface area (Å²) in [5.74, 6) is 0.281. The summed E-state index contributed by atoms with van der Waals surface area (Å²) in [6, 6.07) is 16.8. The number of rotatable bonds is 4. The molecule has 7 rings (SSSR count). The molecule has 1 saturated heterocycles. The minimum atomic E-state index is -0.447. The fraction of sp³-hybridized carbons (Fsp3) is 0.387. The van der Waals surface area contributed by atoms with E-state index in [2.05, 4.69) is 24.2 Å². The highest BCUT2D eigenvalue weighted by Gasteiger charge is 2.76. The van der Waals surface area contributed by atoms with Crippen LogP contribution in [-0.2, 0) is 4.79 Å². The molecule has 2 aromatic heterocycles. The third-order valence-electron chi connectivity index (χ3n) is 9.86. The van der Waals surface area contributed by atoms with Crippen molar-refractivity contribution in [3.05, 3.63) is 71.7 Å². The van der Waals surface area contributed by atoms with Crippen LogP contribution in [0.5, 0.6) is 0 Å². The number of likely N-dealkylation sites (tertiary alicyclic amines) is 1. The number of carbonyl (C=O) groups is 1. The van der Waals surface area contributed by atoms with E-state index in [1.807, 2.05) is 47.5 Å². The van der Waals surface area contributed by atoms with Gasteiger partial charge in [-0.25, -0.2) is 4.68 Å². The molecule has 8 nitrogen and oxygen atoms in total. The molecular formula is C31H30N6O2. The van der Waals surface area contributed by atoms with Crippen molar-refractivity contribution in [2.45, 2.75) is 57.0 Å². The zero-order valence-electron chi connectivity index (χ0n) is 21.8. The number of benzene rings is 1. The van der Waals surface area contributed by atoms with E-state index in [0.29, 0.717) is 5.57 Å². The Hall–Kier alpha value is -4.09. The van der Waals surface area contributed by atoms with E-state index in [1.54, 1.807) is 10.9 Å². The van der Waals surface area contributed by atoms with Gasteiger partial charge in [-0.2, -0.15) is 10.4 Å². The van der Waals surface area contributed by atoms with Crippen molar-refractivity contribution in [1.29, 1.82) is 10.7 Å². The number of carbonyl (C=O) groups excluding carboxylic acids is 1. The lowest BCUT2D eigenvalue weighted by Gasteiger charge is -2.80. The molecule has 2 aliphatic heterocycles. The standard InChI is InChI=1S/C31H30N6O2/c1-18-7-9-21(24-13-27-31(24)12-11-26(31)36(27)28(39)17-38)22(14-32)30(33)37-29(18)23(16-35-37)20-8-10-25(34-15-20)19-5-3-2-4-6-19/h2-6,8,10,15-16,18,24,26-27,33,38H,7,9,11-13,17H2,1H3/b22-21+,33-30?. The number of aliphatic hydroxyl groups is 1. The summed E-state index contributed by atoms with van der Waals surface area (Å²) in [7, 11) is 0. The topological polar surface area (TPSA) is 119 Å². The van der Waals surface area contributed by atoms with E-state index in [4.69, 9.17) is 10.4 Å². The molecule has 39 heavy (non-hydrogen) atoms. The molecule has 4 heterocycles. The van der Waals surface area contributed by atoms with Crippen LogP contribution >= 0.6 is 0 Å². The Morgan fingerprint density at radius 3 is 2.62 bits per heavy atom. The number of nitrogens with zero attached hydrogens (tertiary/aromatic N) is 5. The number of aliphatic hydroxyl groups excluding tert-OH is 1. The third kappa shape index (κ3) is 3.20. The maximum atomic E-state index is 12.3. The van der Waals surface area contributed by atoms with E-state index in [0.717, 1.165) is 65.8 Å². The van der Waals surface area contributed by atoms with Crippen LogP contribution < -0.4 is 0 Å². The van der Waals surface area contributed by atoms with E-state index < -0.39 is 6.61 Å². The van der Waals surface area contributed by atoms with Crippen LogP contribution in [0.2, 0.25) is 0 Å². The summed E-state index contributed by atoms with van der Waals surface area (Å²) in [6.07, 6.45) is 8.06. The Kier molecular flexibility index (Phi) is 5.36. The van der Waals surface area contributed by atoms with Gasteiger partial charge < -0.3 is 10.0 Å². The van der Waals surface area contributed by atoms with Crippen LogP contribution in [-0.4, -0.2) is 55.2 Å². The maximum Gasteiger partial charge on any atom is 0.248 e. The van der Waals surface area contributed by atoms with Gasteiger partial charge >= 0.3 is 0 Å². The molecule has 2 N–H and O–H groups in total. The molecule has 1 aromatic carbocycles. The number of amides is 1. The summed E-state index contributed by atoms with van der Waals surface area (Å²) in [5.41, 5.74) is 6.29. The lowest BCUT2D eigenvalue weighted by atomic mass is 9.36. The molecule has 5 atom stereocenters. The summed E-state index contributed by atoms with van der Waals surface area (Å²) in [6.45, 7) is 1.72. The highest BCUT2D eigenvalue weighted by molar-refractivity contribution is 6.02. The van der Waals surface area contributed by atoms with Crippen molar-refractivity contribution in [3.8, 4) is 28.5 Å². The molecule has 5 unspecified atom stereocenters. The summed E-state index contributed by atoms with van der Waals surface area (Å²) >= 11 is 0. The van der Waals surface area contributed by atoms with Gasteiger partial charge in [0.1, 0.15) is 12.7 Å². The van der Waals surface area contributed by atoms with Gasteiger partial charge in [0.2, 0.25) is 5.91 Å². The first-order valence-electron chi connectivity index (χ1n) is 13.7. The van der Waals surface area contributed by atoms with Crippen LogP contribution in [0.4, 0.5) is 0 Å². The predicted octanol–water partition coefficient (Wildman–Crippen LogP) is 4.53. The predicted molar refractivity (Wildman–Crippen MR) is 146 cm³/mol. The fourth-order valence-electron chi connectivity index (χ4n) is 7.87. The van der Waals surface area contributed by atoms with E-state index in [-0.39, 0.29) is 41.1 Å². The number of allylic oxidation sites excluding steroid dienone is 2. The number of hydrogen-bond donors (Lipinski definition) is 2. The average Bonchev–Trinajstić information content (AvgIpc) is 3.38. The monoisotopic (exact) mass is 518 g/mol. The fourth-order valence-corrected chi connectivity index (χ4v) is 7.87. The van der Waals surface area contributed by atoms with Gasteiger partial charge in [-0.1, -0.05) is 43.3 Å². The normalized spacial score (nSPS) is 30.8. The summed E-state index contributed by atoms with van der Waals surface area (Å²) in [5, 5.41) is 33.4. The molecule has 0 radical (unpaired) electrons. The quantitative estimate of drug-likeness (QED) is 0.526. The first-order valence-corrected chi connectivity index (χ1v) is 13.7. The zero-order chi connectivity index (χ0) is 26.9. The number of hydrogen-bond acceptors (Lipinski definition) is 6. The van der Waals surface area contributed by atoms with Gasteiger partial charge in [0.05, 0.1) is 23.2 Å². The second kappa shape index (κ2) is 8.72. The maximum absolute atomic E-state index is 12.3. The average molecular weight is 519 g/mol. The Bertz CT molecular complexity index is 1560. The van der Waals surface area contributed by atoms with Crippen molar-refractivity contribution in [1.82, 2.24) is 19.7 Å². The van der Waals surface area contributed by atoms with Gasteiger partial charge in [-0.3, -0.25) is 15.2 Å². The molecule has 4 aliphatic rings. The van der Waals surface area contributed by atoms with E-state index in [1.165, 1.54) is 0 Å². The molecule has 1 spiro atoms. The lowest BCUT2D eigenvalue weighted by Crippen LogP contribution is -2.86. The van der Waals surface area contributed by atoms with E-state index >= 15 is 0 Å². The van der Waals surface area contributed by atoms with Gasteiger partial charge in [0, 0.05) is 40.4 Å². The highest BCUT2D eigenvalue weighted by atomic mass is 16.3. The Morgan fingerprint density at radius 1 is 1.15 bits per heavy atom. The molecule has 2 aliphatic carbocycles. The molecule has 3 fully saturated rings. The van der Waals surface area contributed by atoms with Gasteiger partial charge in [-0.15, -0.1) is 0 Å². The molecule has 3 aromatic rings. The van der Waals surface area contributed by atoms with Crippen LogP contribution in [0.15, 0.2) is 66.0 Å². The number of nitriles is 1. The largest absolute Gasteiger partial charge is 0.387 e. The van der Waals surface area contributed by atoms with Crippen LogP contribution in [0.25, 0.3) is 22.4 Å². The molecule has 0 bridgehead atoms. The number of nitrogens with one attached hydrogen (secondary N) is 1. The molecule has 8 heteroatoms. The summed E-state index contributed by atoms with van der Waals surface area (Å²) < 4.78 is 1.65. The smallest absolute Gasteiger partial charge is 0.248 e. The minimum absolute atomic E-state index is 0.0231. The molecule has 196 valence electrons. The van der Waals surface area contributed by atoms with Gasteiger partial charge in [0.15, 0.2) is 5.84 Å². The van der Waals surface area contributed by atoms with E-state index in [9.17, 15) is 15.2 Å². The second-order valence-electron chi connectivity index (χ2n) is 11.4. The SMILES string of the molecule is CC1CC/C(C2CC3N(C(=O)CO)C4CCC243)=C(/C#N)C(=N)n2ncc(-c3ccc(-c4ccccc4)nc3)c21.